The lowest BCUT2D eigenvalue weighted by Gasteiger charge is -2.24. The van der Waals surface area contributed by atoms with Crippen molar-refractivity contribution in [3.8, 4) is 0 Å². The van der Waals surface area contributed by atoms with Gasteiger partial charge in [0.1, 0.15) is 0 Å². The number of allylic oxidation sites excluding steroid dienone is 4. The molecule has 1 aliphatic rings. The molecule has 1 saturated heterocycles. The molecule has 140 valence electrons. The van der Waals surface area contributed by atoms with Crippen molar-refractivity contribution >= 4 is 5.91 Å². The van der Waals surface area contributed by atoms with Crippen LogP contribution < -0.4 is 0 Å². The van der Waals surface area contributed by atoms with E-state index >= 15 is 0 Å². The number of hydrogen-bond donors (Lipinski definition) is 0. The topological polar surface area (TPSA) is 32.8 Å². The predicted octanol–water partition coefficient (Wildman–Crippen LogP) is 3.76. The Morgan fingerprint density at radius 2 is 1.96 bits per heavy atom. The van der Waals surface area contributed by atoms with Crippen molar-refractivity contribution in [1.82, 2.24) is 9.80 Å². The van der Waals surface area contributed by atoms with Crippen molar-refractivity contribution in [1.29, 1.82) is 0 Å². The Kier molecular flexibility index (Phi) is 15.7. The van der Waals surface area contributed by atoms with E-state index in [4.69, 9.17) is 4.74 Å². The maximum Gasteiger partial charge on any atom is 0.222 e. The lowest BCUT2D eigenvalue weighted by molar-refractivity contribution is -0.126. The summed E-state index contributed by atoms with van der Waals surface area (Å²) in [5.74, 6) is 0.293. The third-order valence-corrected chi connectivity index (χ3v) is 3.61. The van der Waals surface area contributed by atoms with Gasteiger partial charge < -0.3 is 14.5 Å². The van der Waals surface area contributed by atoms with Gasteiger partial charge in [-0.3, -0.25) is 4.79 Å². The van der Waals surface area contributed by atoms with Crippen LogP contribution in [0, 0.1) is 5.41 Å². The van der Waals surface area contributed by atoms with Gasteiger partial charge >= 0.3 is 0 Å². The van der Waals surface area contributed by atoms with Crippen LogP contribution in [0.3, 0.4) is 0 Å². The van der Waals surface area contributed by atoms with Crippen LogP contribution in [-0.4, -0.2) is 63.7 Å². The van der Waals surface area contributed by atoms with Crippen LogP contribution in [0.5, 0.6) is 0 Å². The summed E-state index contributed by atoms with van der Waals surface area (Å²) in [6.07, 6.45) is 11.3. The van der Waals surface area contributed by atoms with Gasteiger partial charge in [-0.05, 0) is 46.3 Å². The second kappa shape index (κ2) is 15.2. The third-order valence-electron chi connectivity index (χ3n) is 3.61. The summed E-state index contributed by atoms with van der Waals surface area (Å²) in [6, 6.07) is 0. The molecule has 0 aromatic heterocycles. The van der Waals surface area contributed by atoms with Gasteiger partial charge in [-0.2, -0.15) is 0 Å². The molecule has 0 aliphatic carbocycles. The zero-order valence-corrected chi connectivity index (χ0v) is 16.8. The second-order valence-corrected chi connectivity index (χ2v) is 6.58. The number of amides is 1. The summed E-state index contributed by atoms with van der Waals surface area (Å²) >= 11 is 0. The Balaban J connectivity index is 0. The van der Waals surface area contributed by atoms with E-state index in [9.17, 15) is 4.79 Å². The van der Waals surface area contributed by atoms with Crippen molar-refractivity contribution in [3.63, 3.8) is 0 Å². The van der Waals surface area contributed by atoms with Crippen molar-refractivity contribution < 1.29 is 9.53 Å². The smallest absolute Gasteiger partial charge is 0.222 e. The van der Waals surface area contributed by atoms with Crippen molar-refractivity contribution in [2.45, 2.75) is 33.6 Å². The summed E-state index contributed by atoms with van der Waals surface area (Å²) in [6.45, 7) is 12.3. The normalized spacial score (nSPS) is 20.2. The van der Waals surface area contributed by atoms with Crippen molar-refractivity contribution in [2.24, 2.45) is 5.41 Å². The van der Waals surface area contributed by atoms with E-state index in [0.717, 1.165) is 32.5 Å². The highest BCUT2D eigenvalue weighted by Gasteiger charge is 2.36. The number of ether oxygens (including phenoxy) is 1. The standard InChI is InChI=1S/C10H20N2O.C5H10O.C5H8/c1-10(5-6-11(2)3)7-9(13)12(4)8-10;1-3-4-5-6-2;1-3-5-4-2/h5-8H2,1-4H3;3-4H,5H2,1-2H3;3-5H,1H2,2H3/b;4-3-;5-4+. The number of hydrogen-bond acceptors (Lipinski definition) is 3. The molecule has 0 radical (unpaired) electrons. The van der Waals surface area contributed by atoms with E-state index < -0.39 is 0 Å². The number of likely N-dealkylation sites (tertiary alicyclic amines) is 1. The van der Waals surface area contributed by atoms with E-state index in [1.54, 1.807) is 13.2 Å². The molecule has 4 heteroatoms. The SMILES string of the molecule is C/C=C\COC.C=C/C=C/C.CN(C)CCC1(C)CC(=O)N(C)C1. The molecule has 4 nitrogen and oxygen atoms in total. The average Bonchev–Trinajstić information content (AvgIpc) is 2.79. The van der Waals surface area contributed by atoms with Crippen molar-refractivity contribution in [3.05, 3.63) is 37.0 Å². The Hall–Kier alpha value is -1.39. The van der Waals surface area contributed by atoms with Crippen molar-refractivity contribution in [2.75, 3.05) is 47.9 Å². The van der Waals surface area contributed by atoms with Crippen LogP contribution >= 0.6 is 0 Å². The van der Waals surface area contributed by atoms with Gasteiger partial charge in [-0.15, -0.1) is 0 Å². The third kappa shape index (κ3) is 14.2. The van der Waals surface area contributed by atoms with Crippen LogP contribution in [0.15, 0.2) is 37.0 Å². The Morgan fingerprint density at radius 3 is 2.21 bits per heavy atom. The number of carbonyl (C=O) groups is 1. The first kappa shape index (κ1) is 24.9. The zero-order valence-electron chi connectivity index (χ0n) is 16.8. The molecule has 1 aliphatic heterocycles. The number of rotatable bonds is 6. The van der Waals surface area contributed by atoms with Crippen LogP contribution in [0.1, 0.15) is 33.6 Å². The minimum atomic E-state index is 0.204. The maximum atomic E-state index is 11.3. The largest absolute Gasteiger partial charge is 0.381 e. The molecule has 0 aromatic rings. The van der Waals surface area contributed by atoms with Crippen LogP contribution in [-0.2, 0) is 9.53 Å². The summed E-state index contributed by atoms with van der Waals surface area (Å²) in [5, 5.41) is 0. The highest BCUT2D eigenvalue weighted by atomic mass is 16.5. The number of nitrogens with zero attached hydrogens (tertiary/aromatic N) is 2. The molecule has 1 atom stereocenters. The second-order valence-electron chi connectivity index (χ2n) is 6.58. The minimum absolute atomic E-state index is 0.204. The Morgan fingerprint density at radius 1 is 1.33 bits per heavy atom. The molecule has 24 heavy (non-hydrogen) atoms. The summed E-state index contributed by atoms with van der Waals surface area (Å²) in [5.41, 5.74) is 0.204. The van der Waals surface area contributed by atoms with E-state index in [1.807, 2.05) is 50.1 Å². The molecule has 1 rings (SSSR count). The molecule has 0 aromatic carbocycles. The molecule has 0 bridgehead atoms. The van der Waals surface area contributed by atoms with Gasteiger partial charge in [0.25, 0.3) is 0 Å². The zero-order chi connectivity index (χ0) is 19.0. The minimum Gasteiger partial charge on any atom is -0.381 e. The Bertz CT molecular complexity index is 389. The van der Waals surface area contributed by atoms with Gasteiger partial charge in [0.2, 0.25) is 5.91 Å². The van der Waals surface area contributed by atoms with Gasteiger partial charge in [-0.25, -0.2) is 0 Å². The van der Waals surface area contributed by atoms with E-state index in [0.29, 0.717) is 5.91 Å². The van der Waals surface area contributed by atoms with Gasteiger partial charge in [-0.1, -0.05) is 43.9 Å². The highest BCUT2D eigenvalue weighted by molar-refractivity contribution is 5.79. The summed E-state index contributed by atoms with van der Waals surface area (Å²) < 4.78 is 4.70. The van der Waals surface area contributed by atoms with E-state index in [1.165, 1.54) is 0 Å². The molecule has 1 heterocycles. The van der Waals surface area contributed by atoms with E-state index in [2.05, 4.69) is 32.5 Å². The van der Waals surface area contributed by atoms with Crippen LogP contribution in [0.4, 0.5) is 0 Å². The molecule has 1 amide bonds. The molecule has 1 fully saturated rings. The Labute approximate surface area is 149 Å². The predicted molar refractivity (Wildman–Crippen MR) is 105 cm³/mol. The quantitative estimate of drug-likeness (QED) is 0.546. The number of methoxy groups -OCH3 is 1. The fourth-order valence-corrected chi connectivity index (χ4v) is 2.21. The molecule has 1 unspecified atom stereocenters. The lowest BCUT2D eigenvalue weighted by atomic mass is 9.86. The lowest BCUT2D eigenvalue weighted by Crippen LogP contribution is -2.26. The van der Waals surface area contributed by atoms with Crippen LogP contribution in [0.25, 0.3) is 0 Å². The first-order valence-corrected chi connectivity index (χ1v) is 8.48. The molecule has 0 spiro atoms. The van der Waals surface area contributed by atoms with Crippen LogP contribution in [0.2, 0.25) is 0 Å². The molecular formula is C20H38N2O2. The fraction of sp³-hybridized carbons (Fsp3) is 0.650. The van der Waals surface area contributed by atoms with Gasteiger partial charge in [0.15, 0.2) is 0 Å². The average molecular weight is 339 g/mol. The summed E-state index contributed by atoms with van der Waals surface area (Å²) in [4.78, 5) is 15.4. The van der Waals surface area contributed by atoms with E-state index in [-0.39, 0.29) is 5.41 Å². The number of carbonyl (C=O) groups excluding carboxylic acids is 1. The monoisotopic (exact) mass is 338 g/mol. The molecule has 0 saturated carbocycles. The first-order chi connectivity index (χ1) is 11.3. The summed E-state index contributed by atoms with van der Waals surface area (Å²) in [7, 11) is 7.72. The fourth-order valence-electron chi connectivity index (χ4n) is 2.21. The van der Waals surface area contributed by atoms with Gasteiger partial charge in [0.05, 0.1) is 6.61 Å². The highest BCUT2D eigenvalue weighted by Crippen LogP contribution is 2.33. The van der Waals surface area contributed by atoms with Gasteiger partial charge in [0, 0.05) is 27.1 Å². The molecular weight excluding hydrogens is 300 g/mol. The maximum absolute atomic E-state index is 11.3. The first-order valence-electron chi connectivity index (χ1n) is 8.48. The molecule has 0 N–H and O–H groups in total.